The molecule has 0 unspecified atom stereocenters. The number of alkyl halides is 2. The number of nitrogens with zero attached hydrogens (tertiary/aromatic N) is 4. The molecule has 0 bridgehead atoms. The summed E-state index contributed by atoms with van der Waals surface area (Å²) < 4.78 is 61.5. The predicted molar refractivity (Wildman–Crippen MR) is 145 cm³/mol. The highest BCUT2D eigenvalue weighted by Crippen LogP contribution is 2.39. The average molecular weight is 616 g/mol. The zero-order chi connectivity index (χ0) is 30.9. The molecule has 14 heteroatoms. The van der Waals surface area contributed by atoms with E-state index < -0.39 is 72.1 Å². The number of amides is 3. The minimum Gasteiger partial charge on any atom is -0.449 e. The molecule has 3 amide bonds. The van der Waals surface area contributed by atoms with Crippen LogP contribution in [-0.4, -0.2) is 47.5 Å². The summed E-state index contributed by atoms with van der Waals surface area (Å²) in [5, 5.41) is 11.8. The van der Waals surface area contributed by atoms with E-state index in [0.29, 0.717) is 6.07 Å². The molecule has 1 saturated heterocycles. The van der Waals surface area contributed by atoms with Crippen LogP contribution in [0.25, 0.3) is 0 Å². The van der Waals surface area contributed by atoms with Crippen LogP contribution in [-0.2, 0) is 14.3 Å². The number of benzene rings is 2. The third-order valence-electron chi connectivity index (χ3n) is 7.04. The molecule has 0 radical (unpaired) electrons. The highest BCUT2D eigenvalue weighted by Gasteiger charge is 2.48. The Kier molecular flexibility index (Phi) is 8.23. The van der Waals surface area contributed by atoms with Crippen LogP contribution >= 0.6 is 11.6 Å². The fourth-order valence-corrected chi connectivity index (χ4v) is 5.31. The Hall–Kier alpha value is -4.70. The Morgan fingerprint density at radius 1 is 1.14 bits per heavy atom. The lowest BCUT2D eigenvalue weighted by atomic mass is 9.87. The van der Waals surface area contributed by atoms with Crippen LogP contribution in [0.4, 0.5) is 33.9 Å². The molecule has 2 aromatic carbocycles. The normalized spacial score (nSPS) is 18.6. The zero-order valence-electron chi connectivity index (χ0n) is 22.1. The molecule has 1 aliphatic carbocycles. The van der Waals surface area contributed by atoms with E-state index in [1.54, 1.807) is 6.07 Å². The second-order valence-corrected chi connectivity index (χ2v) is 10.4. The topological polar surface area (TPSA) is 116 Å². The Morgan fingerprint density at radius 3 is 2.49 bits per heavy atom. The summed E-state index contributed by atoms with van der Waals surface area (Å²) in [5.74, 6) is -7.18. The summed E-state index contributed by atoms with van der Waals surface area (Å²) in [6.07, 6.45) is -1.17. The number of hydrogen-bond donors (Lipinski definition) is 1. The van der Waals surface area contributed by atoms with Gasteiger partial charge in [-0.1, -0.05) is 29.8 Å². The smallest absolute Gasteiger partial charge is 0.416 e. The van der Waals surface area contributed by atoms with Gasteiger partial charge in [0.2, 0.25) is 5.91 Å². The molecular formula is C29H22ClF4N5O4. The van der Waals surface area contributed by atoms with Gasteiger partial charge in [-0.3, -0.25) is 14.5 Å². The molecule has 222 valence electrons. The molecule has 2 aliphatic rings. The van der Waals surface area contributed by atoms with Gasteiger partial charge in [-0.2, -0.15) is 5.26 Å². The van der Waals surface area contributed by atoms with Gasteiger partial charge in [-0.05, 0) is 30.3 Å². The Bertz CT molecular complexity index is 1610. The van der Waals surface area contributed by atoms with Crippen molar-refractivity contribution in [2.45, 2.75) is 43.3 Å². The second kappa shape index (κ2) is 11.9. The quantitative estimate of drug-likeness (QED) is 0.361. The fraction of sp³-hybridized carbons (Fsp3) is 0.276. The molecule has 1 saturated carbocycles. The average Bonchev–Trinajstić information content (AvgIpc) is 2.94. The fourth-order valence-electron chi connectivity index (χ4n) is 5.07. The number of rotatable bonds is 7. The number of hydrogen-bond acceptors (Lipinski definition) is 6. The van der Waals surface area contributed by atoms with Crippen LogP contribution in [0.2, 0.25) is 5.02 Å². The largest absolute Gasteiger partial charge is 0.449 e. The number of nitrogens with one attached hydrogen (secondary N) is 1. The van der Waals surface area contributed by atoms with Crippen molar-refractivity contribution in [1.29, 1.82) is 5.26 Å². The van der Waals surface area contributed by atoms with Crippen molar-refractivity contribution in [2.75, 3.05) is 16.4 Å². The lowest BCUT2D eigenvalue weighted by Crippen LogP contribution is -2.58. The predicted octanol–water partition coefficient (Wildman–Crippen LogP) is 5.29. The highest BCUT2D eigenvalue weighted by molar-refractivity contribution is 6.31. The van der Waals surface area contributed by atoms with E-state index >= 15 is 0 Å². The van der Waals surface area contributed by atoms with Gasteiger partial charge in [0.25, 0.3) is 11.8 Å². The van der Waals surface area contributed by atoms with Crippen LogP contribution in [0.1, 0.15) is 36.4 Å². The number of cyclic esters (lactones) is 1. The van der Waals surface area contributed by atoms with Crippen molar-refractivity contribution in [1.82, 2.24) is 10.3 Å². The van der Waals surface area contributed by atoms with E-state index in [1.165, 1.54) is 36.5 Å². The van der Waals surface area contributed by atoms with E-state index in [-0.39, 0.29) is 35.0 Å². The summed E-state index contributed by atoms with van der Waals surface area (Å²) in [6, 6.07) is 8.52. The number of carbonyl (C=O) groups excluding carboxylic acids is 3. The van der Waals surface area contributed by atoms with Crippen molar-refractivity contribution in [3.63, 3.8) is 0 Å². The molecule has 1 aliphatic heterocycles. The molecule has 5 rings (SSSR count). The summed E-state index contributed by atoms with van der Waals surface area (Å²) in [7, 11) is 0. The lowest BCUT2D eigenvalue weighted by molar-refractivity contribution is -0.133. The Morgan fingerprint density at radius 2 is 1.84 bits per heavy atom. The molecule has 9 nitrogen and oxygen atoms in total. The number of anilines is 2. The molecule has 0 spiro atoms. The maximum Gasteiger partial charge on any atom is 0.416 e. The number of carbonyl (C=O) groups is 3. The van der Waals surface area contributed by atoms with E-state index in [1.807, 2.05) is 6.07 Å². The van der Waals surface area contributed by atoms with Crippen LogP contribution in [0, 0.1) is 23.0 Å². The molecule has 3 aromatic rings. The van der Waals surface area contributed by atoms with Gasteiger partial charge in [-0.15, -0.1) is 0 Å². The number of halogens is 5. The van der Waals surface area contributed by atoms with Gasteiger partial charge in [0.1, 0.15) is 29.5 Å². The van der Waals surface area contributed by atoms with Gasteiger partial charge >= 0.3 is 6.09 Å². The number of ether oxygens (including phenoxy) is 1. The van der Waals surface area contributed by atoms with E-state index in [0.717, 1.165) is 21.9 Å². The lowest BCUT2D eigenvalue weighted by Gasteiger charge is -2.40. The Labute approximate surface area is 247 Å². The maximum absolute atomic E-state index is 14.6. The van der Waals surface area contributed by atoms with Crippen LogP contribution in [0.3, 0.4) is 0 Å². The number of nitriles is 1. The SMILES string of the molecule is N#Cc1ccnc(N2C(=O)OCC[C@H]2C(=O)N(c2cc(F)cc(F)c2)[C@H](C(=O)NC2CC(F)(F)C2)c2ccccc2Cl)c1. The Balaban J connectivity index is 1.65. The highest BCUT2D eigenvalue weighted by atomic mass is 35.5. The summed E-state index contributed by atoms with van der Waals surface area (Å²) >= 11 is 6.45. The first kappa shape index (κ1) is 29.8. The minimum atomic E-state index is -2.98. The maximum atomic E-state index is 14.6. The van der Waals surface area contributed by atoms with Gasteiger partial charge in [-0.25, -0.2) is 32.2 Å². The van der Waals surface area contributed by atoms with Crippen LogP contribution in [0.5, 0.6) is 0 Å². The van der Waals surface area contributed by atoms with Crippen molar-refractivity contribution in [3.05, 3.63) is 88.6 Å². The summed E-state index contributed by atoms with van der Waals surface area (Å²) in [4.78, 5) is 47.1. The van der Waals surface area contributed by atoms with E-state index in [9.17, 15) is 37.2 Å². The number of aromatic nitrogens is 1. The van der Waals surface area contributed by atoms with Crippen molar-refractivity contribution < 1.29 is 36.7 Å². The second-order valence-electron chi connectivity index (χ2n) is 10.0. The first-order valence-electron chi connectivity index (χ1n) is 13.0. The standard InChI is InChI=1S/C29H22ClF4N5O4/c30-22-4-2-1-3-21(22)25(26(40)37-19-13-29(33,34)14-19)38(20-11-17(31)10-18(32)12-20)27(41)23-6-8-43-28(42)39(23)24-9-16(15-35)5-7-36-24/h1-5,7,9-12,19,23,25H,6,8,13-14H2,(H,37,40)/t23-,25-/m0/s1. The molecule has 2 fully saturated rings. The molecule has 1 N–H and O–H groups in total. The van der Waals surface area contributed by atoms with Gasteiger partial charge in [0.05, 0.1) is 23.9 Å². The van der Waals surface area contributed by atoms with Gasteiger partial charge < -0.3 is 10.1 Å². The van der Waals surface area contributed by atoms with Crippen molar-refractivity contribution in [3.8, 4) is 6.07 Å². The van der Waals surface area contributed by atoms with Crippen LogP contribution in [0.15, 0.2) is 60.8 Å². The van der Waals surface area contributed by atoms with Crippen molar-refractivity contribution in [2.24, 2.45) is 0 Å². The van der Waals surface area contributed by atoms with Crippen LogP contribution < -0.4 is 15.1 Å². The molecule has 2 atom stereocenters. The van der Waals surface area contributed by atoms with E-state index in [4.69, 9.17) is 16.3 Å². The number of pyridine rings is 1. The first-order chi connectivity index (χ1) is 20.5. The zero-order valence-corrected chi connectivity index (χ0v) is 22.9. The van der Waals surface area contributed by atoms with E-state index in [2.05, 4.69) is 10.3 Å². The minimum absolute atomic E-state index is 0.000405. The van der Waals surface area contributed by atoms with Gasteiger partial charge in [0.15, 0.2) is 0 Å². The molecule has 1 aromatic heterocycles. The molecule has 43 heavy (non-hydrogen) atoms. The third kappa shape index (κ3) is 6.24. The van der Waals surface area contributed by atoms with Gasteiger partial charge in [0, 0.05) is 48.2 Å². The molecule has 2 heterocycles. The molecular weight excluding hydrogens is 594 g/mol. The third-order valence-corrected chi connectivity index (χ3v) is 7.38. The summed E-state index contributed by atoms with van der Waals surface area (Å²) in [5.41, 5.74) is -0.260. The van der Waals surface area contributed by atoms with Crippen molar-refractivity contribution >= 4 is 41.0 Å². The first-order valence-corrected chi connectivity index (χ1v) is 13.4. The monoisotopic (exact) mass is 615 g/mol. The summed E-state index contributed by atoms with van der Waals surface area (Å²) in [6.45, 7) is -0.227.